The highest BCUT2D eigenvalue weighted by molar-refractivity contribution is 7.17. The van der Waals surface area contributed by atoms with E-state index in [9.17, 15) is 14.0 Å². The van der Waals surface area contributed by atoms with Crippen LogP contribution < -0.4 is 14.8 Å². The van der Waals surface area contributed by atoms with E-state index in [2.05, 4.69) is 10.3 Å². The summed E-state index contributed by atoms with van der Waals surface area (Å²) in [6, 6.07) is 13.4. The maximum absolute atomic E-state index is 14.3. The molecule has 10 heteroatoms. The molecular weight excluding hydrogens is 559 g/mol. The maximum Gasteiger partial charge on any atom is 0.251 e. The monoisotopic (exact) mass is 592 g/mol. The lowest BCUT2D eigenvalue weighted by atomic mass is 10.0. The molecule has 0 radical (unpaired) electrons. The number of aryl methyl sites for hydroxylation is 1. The highest BCUT2D eigenvalue weighted by Gasteiger charge is 2.18. The highest BCUT2D eigenvalue weighted by Crippen LogP contribution is 2.35. The molecule has 220 valence electrons. The molecule has 1 fully saturated rings. The number of amides is 1. The van der Waals surface area contributed by atoms with Gasteiger partial charge in [-0.1, -0.05) is 19.1 Å². The summed E-state index contributed by atoms with van der Waals surface area (Å²) < 4.78 is 37.3. The van der Waals surface area contributed by atoms with Crippen molar-refractivity contribution in [3.63, 3.8) is 0 Å². The van der Waals surface area contributed by atoms with Gasteiger partial charge in [-0.05, 0) is 67.6 Å². The lowest BCUT2D eigenvalue weighted by molar-refractivity contribution is -0.165. The molecule has 2 aromatic carbocycles. The van der Waals surface area contributed by atoms with E-state index in [0.717, 1.165) is 35.8 Å². The maximum atomic E-state index is 14.3. The van der Waals surface area contributed by atoms with Crippen LogP contribution in [0.3, 0.4) is 0 Å². The molecule has 1 aliphatic heterocycles. The molecule has 42 heavy (non-hydrogen) atoms. The molecule has 1 amide bonds. The first-order valence-corrected chi connectivity index (χ1v) is 14.9. The van der Waals surface area contributed by atoms with Gasteiger partial charge in [0, 0.05) is 28.5 Å². The first kappa shape index (κ1) is 29.6. The molecular formula is C32H33FN2O6S. The minimum Gasteiger partial charge on any atom is -0.493 e. The number of nitrogens with one attached hydrogen (secondary N) is 1. The molecule has 1 saturated heterocycles. The van der Waals surface area contributed by atoms with Crippen LogP contribution in [0.15, 0.2) is 53.9 Å². The Balaban J connectivity index is 1.21. The van der Waals surface area contributed by atoms with Crippen molar-refractivity contribution in [2.75, 3.05) is 33.5 Å². The molecule has 1 unspecified atom stereocenters. The van der Waals surface area contributed by atoms with E-state index in [1.54, 1.807) is 30.3 Å². The summed E-state index contributed by atoms with van der Waals surface area (Å²) in [5.41, 5.74) is 2.84. The van der Waals surface area contributed by atoms with Crippen molar-refractivity contribution in [1.82, 2.24) is 10.3 Å². The Morgan fingerprint density at radius 1 is 1.12 bits per heavy atom. The van der Waals surface area contributed by atoms with Gasteiger partial charge < -0.3 is 24.3 Å². The van der Waals surface area contributed by atoms with E-state index in [0.29, 0.717) is 53.7 Å². The number of carbonyl (C=O) groups excluding carboxylic acids is 2. The lowest BCUT2D eigenvalue weighted by Crippen LogP contribution is -2.30. The van der Waals surface area contributed by atoms with Crippen LogP contribution in [0.25, 0.3) is 21.3 Å². The average Bonchev–Trinajstić information content (AvgIpc) is 3.47. The Labute approximate surface area is 247 Å². The summed E-state index contributed by atoms with van der Waals surface area (Å²) in [7, 11) is 1.49. The van der Waals surface area contributed by atoms with Crippen molar-refractivity contribution in [2.45, 2.75) is 38.9 Å². The molecule has 4 aromatic rings. The summed E-state index contributed by atoms with van der Waals surface area (Å²) in [6.45, 7) is 3.13. The zero-order valence-electron chi connectivity index (χ0n) is 23.6. The third kappa shape index (κ3) is 6.95. The second kappa shape index (κ2) is 13.9. The number of hydrogen-bond acceptors (Lipinski definition) is 8. The average molecular weight is 593 g/mol. The molecule has 1 aliphatic rings. The fourth-order valence-corrected chi connectivity index (χ4v) is 5.72. The third-order valence-corrected chi connectivity index (χ3v) is 8.03. The third-order valence-electron chi connectivity index (χ3n) is 7.02. The number of benzene rings is 2. The van der Waals surface area contributed by atoms with Gasteiger partial charge in [0.2, 0.25) is 0 Å². The van der Waals surface area contributed by atoms with Crippen LogP contribution in [-0.4, -0.2) is 56.4 Å². The number of ketones is 1. The Kier molecular flexibility index (Phi) is 9.78. The summed E-state index contributed by atoms with van der Waals surface area (Å²) in [5, 5.41) is 5.28. The van der Waals surface area contributed by atoms with Crippen LogP contribution in [0.2, 0.25) is 0 Å². The number of methoxy groups -OCH3 is 1. The van der Waals surface area contributed by atoms with Gasteiger partial charge >= 0.3 is 0 Å². The summed E-state index contributed by atoms with van der Waals surface area (Å²) >= 11 is 1.30. The molecule has 0 aliphatic carbocycles. The van der Waals surface area contributed by atoms with Crippen LogP contribution >= 0.6 is 11.3 Å². The van der Waals surface area contributed by atoms with Crippen molar-refractivity contribution in [1.29, 1.82) is 0 Å². The molecule has 1 atom stereocenters. The number of rotatable bonds is 12. The first-order valence-electron chi connectivity index (χ1n) is 14.0. The van der Waals surface area contributed by atoms with E-state index in [1.807, 2.05) is 24.4 Å². The number of ether oxygens (including phenoxy) is 4. The fraction of sp³-hybridized carbons (Fsp3) is 0.344. The van der Waals surface area contributed by atoms with E-state index < -0.39 is 5.91 Å². The molecule has 0 spiro atoms. The lowest BCUT2D eigenvalue weighted by Gasteiger charge is -2.22. The molecule has 0 bridgehead atoms. The first-order chi connectivity index (χ1) is 20.5. The number of halogens is 1. The smallest absolute Gasteiger partial charge is 0.251 e. The summed E-state index contributed by atoms with van der Waals surface area (Å²) in [4.78, 5) is 30.6. The Bertz CT molecular complexity index is 1570. The van der Waals surface area contributed by atoms with Crippen LogP contribution in [0, 0.1) is 5.82 Å². The normalized spacial score (nSPS) is 15.0. The van der Waals surface area contributed by atoms with E-state index in [1.165, 1.54) is 24.5 Å². The quantitative estimate of drug-likeness (QED) is 0.154. The number of aromatic nitrogens is 1. The molecule has 1 N–H and O–H groups in total. The number of Topliss-reactive ketones (excluding diaryl/α,β-unsaturated/α-hetero) is 1. The standard InChI is InChI=1S/C32H33FN2O6S/c1-3-20-15-25(23-19-42-31-22(23)7-6-8-24(31)33)35-26(16-20)27(36)18-34-32(37)21-10-11-28(29(17-21)38-2)39-13-14-41-30-9-4-5-12-40-30/h6-8,10-11,15-17,19,30H,3-5,9,12-14,18H2,1-2H3,(H,34,37). The van der Waals surface area contributed by atoms with Gasteiger partial charge in [0.25, 0.3) is 5.91 Å². The Morgan fingerprint density at radius 3 is 2.79 bits per heavy atom. The van der Waals surface area contributed by atoms with Crippen LogP contribution in [-0.2, 0) is 15.9 Å². The SMILES string of the molecule is CCc1cc(C(=O)CNC(=O)c2ccc(OCCOC3CCCCO3)c(OC)c2)nc(-c2csc3c(F)cccc23)c1. The van der Waals surface area contributed by atoms with Gasteiger partial charge in [-0.3, -0.25) is 9.59 Å². The minimum atomic E-state index is -0.433. The second-order valence-electron chi connectivity index (χ2n) is 9.85. The molecule has 5 rings (SSSR count). The topological polar surface area (TPSA) is 96.0 Å². The number of thiophene rings is 1. The van der Waals surface area contributed by atoms with Gasteiger partial charge in [-0.15, -0.1) is 11.3 Å². The zero-order chi connectivity index (χ0) is 29.5. The van der Waals surface area contributed by atoms with Gasteiger partial charge in [-0.25, -0.2) is 9.37 Å². The number of fused-ring (bicyclic) bond motifs is 1. The van der Waals surface area contributed by atoms with Gasteiger partial charge in [0.1, 0.15) is 18.1 Å². The number of pyridine rings is 1. The van der Waals surface area contributed by atoms with Gasteiger partial charge in [-0.2, -0.15) is 0 Å². The van der Waals surface area contributed by atoms with E-state index in [-0.39, 0.29) is 30.1 Å². The minimum absolute atomic E-state index is 0.190. The predicted molar refractivity (Wildman–Crippen MR) is 159 cm³/mol. The van der Waals surface area contributed by atoms with Gasteiger partial charge in [0.15, 0.2) is 23.6 Å². The molecule has 0 saturated carbocycles. The van der Waals surface area contributed by atoms with E-state index >= 15 is 0 Å². The molecule has 2 aromatic heterocycles. The Morgan fingerprint density at radius 2 is 2.00 bits per heavy atom. The van der Waals surface area contributed by atoms with Crippen molar-refractivity contribution in [3.05, 3.63) is 76.5 Å². The number of carbonyl (C=O) groups is 2. The van der Waals surface area contributed by atoms with E-state index in [4.69, 9.17) is 18.9 Å². The van der Waals surface area contributed by atoms with Crippen molar-refractivity contribution >= 4 is 33.1 Å². The second-order valence-corrected chi connectivity index (χ2v) is 10.7. The molecule has 8 nitrogen and oxygen atoms in total. The van der Waals surface area contributed by atoms with Crippen LogP contribution in [0.1, 0.15) is 52.6 Å². The van der Waals surface area contributed by atoms with Crippen LogP contribution in [0.4, 0.5) is 4.39 Å². The number of hydrogen-bond donors (Lipinski definition) is 1. The molecule has 3 heterocycles. The number of nitrogens with zero attached hydrogens (tertiary/aromatic N) is 1. The predicted octanol–water partition coefficient (Wildman–Crippen LogP) is 6.21. The largest absolute Gasteiger partial charge is 0.493 e. The Hall–Kier alpha value is -3.86. The highest BCUT2D eigenvalue weighted by atomic mass is 32.1. The van der Waals surface area contributed by atoms with Crippen molar-refractivity contribution < 1.29 is 32.9 Å². The van der Waals surface area contributed by atoms with Gasteiger partial charge in [0.05, 0.1) is 30.7 Å². The summed E-state index contributed by atoms with van der Waals surface area (Å²) in [6.07, 6.45) is 3.52. The summed E-state index contributed by atoms with van der Waals surface area (Å²) in [5.74, 6) is -0.183. The zero-order valence-corrected chi connectivity index (χ0v) is 24.4. The van der Waals surface area contributed by atoms with Crippen molar-refractivity contribution in [3.8, 4) is 22.8 Å². The van der Waals surface area contributed by atoms with Crippen LogP contribution in [0.5, 0.6) is 11.5 Å². The fourth-order valence-electron chi connectivity index (χ4n) is 4.75. The van der Waals surface area contributed by atoms with Crippen molar-refractivity contribution in [2.24, 2.45) is 0 Å².